The molecular formula is C15H24N2O. The Balaban J connectivity index is 2.21. The lowest BCUT2D eigenvalue weighted by Gasteiger charge is -2.30. The fraction of sp³-hybridized carbons (Fsp3) is 0.600. The molecule has 18 heavy (non-hydrogen) atoms. The maximum atomic E-state index is 9.51. The molecule has 1 saturated heterocycles. The first-order chi connectivity index (χ1) is 8.76. The van der Waals surface area contributed by atoms with E-state index >= 15 is 0 Å². The number of hydrogen-bond donors (Lipinski definition) is 1. The molecule has 3 nitrogen and oxygen atoms in total. The number of benzene rings is 1. The van der Waals surface area contributed by atoms with Gasteiger partial charge in [-0.15, -0.1) is 0 Å². The van der Waals surface area contributed by atoms with E-state index in [1.165, 1.54) is 11.3 Å². The first-order valence-corrected chi connectivity index (χ1v) is 6.90. The van der Waals surface area contributed by atoms with Gasteiger partial charge in [0.25, 0.3) is 0 Å². The second-order valence-electron chi connectivity index (χ2n) is 5.10. The average molecular weight is 248 g/mol. The van der Waals surface area contributed by atoms with E-state index in [0.717, 1.165) is 32.5 Å². The van der Waals surface area contributed by atoms with Gasteiger partial charge in [0.1, 0.15) is 0 Å². The highest BCUT2D eigenvalue weighted by atomic mass is 16.3. The predicted octanol–water partition coefficient (Wildman–Crippen LogP) is 1.75. The van der Waals surface area contributed by atoms with Crippen LogP contribution in [0.5, 0.6) is 0 Å². The lowest BCUT2D eigenvalue weighted by atomic mass is 10.1. The van der Waals surface area contributed by atoms with E-state index in [-0.39, 0.29) is 12.6 Å². The summed E-state index contributed by atoms with van der Waals surface area (Å²) in [5.41, 5.74) is 2.74. The zero-order valence-electron chi connectivity index (χ0n) is 11.5. The van der Waals surface area contributed by atoms with Crippen molar-refractivity contribution in [2.24, 2.45) is 0 Å². The quantitative estimate of drug-likeness (QED) is 0.883. The highest BCUT2D eigenvalue weighted by Crippen LogP contribution is 2.23. The Kier molecular flexibility index (Phi) is 4.61. The van der Waals surface area contributed by atoms with Gasteiger partial charge in [0.2, 0.25) is 0 Å². The topological polar surface area (TPSA) is 26.7 Å². The average Bonchev–Trinajstić information content (AvgIpc) is 2.60. The monoisotopic (exact) mass is 248 g/mol. The summed E-state index contributed by atoms with van der Waals surface area (Å²) in [6.07, 6.45) is 2.22. The van der Waals surface area contributed by atoms with Crippen LogP contribution < -0.4 is 4.90 Å². The molecule has 0 aliphatic carbocycles. The Morgan fingerprint density at radius 2 is 2.06 bits per heavy atom. The van der Waals surface area contributed by atoms with E-state index in [2.05, 4.69) is 48.0 Å². The molecule has 1 aliphatic rings. The second-order valence-corrected chi connectivity index (χ2v) is 5.10. The molecule has 2 rings (SSSR count). The van der Waals surface area contributed by atoms with Crippen LogP contribution in [0, 0.1) is 0 Å². The van der Waals surface area contributed by atoms with Crippen LogP contribution in [0.1, 0.15) is 18.9 Å². The molecule has 0 radical (unpaired) electrons. The van der Waals surface area contributed by atoms with Crippen LogP contribution in [0.15, 0.2) is 24.3 Å². The zero-order valence-corrected chi connectivity index (χ0v) is 11.5. The summed E-state index contributed by atoms with van der Waals surface area (Å²) in [4.78, 5) is 4.71. The third-order valence-corrected chi connectivity index (χ3v) is 3.92. The van der Waals surface area contributed by atoms with Crippen molar-refractivity contribution in [1.29, 1.82) is 0 Å². The fourth-order valence-corrected chi connectivity index (χ4v) is 2.71. The number of para-hydroxylation sites is 1. The molecule has 1 N–H and O–H groups in total. The summed E-state index contributed by atoms with van der Waals surface area (Å²) in [5, 5.41) is 9.51. The SMILES string of the molecule is CCc1ccccc1N1CCCN(C)C(CO)C1. The minimum Gasteiger partial charge on any atom is -0.395 e. The number of aliphatic hydroxyl groups excluding tert-OH is 1. The van der Waals surface area contributed by atoms with E-state index in [1.54, 1.807) is 0 Å². The lowest BCUT2D eigenvalue weighted by molar-refractivity contribution is 0.159. The molecule has 1 aromatic carbocycles. The minimum atomic E-state index is 0.237. The highest BCUT2D eigenvalue weighted by Gasteiger charge is 2.22. The van der Waals surface area contributed by atoms with Gasteiger partial charge in [-0.05, 0) is 38.1 Å². The lowest BCUT2D eigenvalue weighted by Crippen LogP contribution is -2.41. The number of nitrogens with zero attached hydrogens (tertiary/aromatic N) is 2. The largest absolute Gasteiger partial charge is 0.395 e. The van der Waals surface area contributed by atoms with Gasteiger partial charge >= 0.3 is 0 Å². The molecule has 0 aromatic heterocycles. The van der Waals surface area contributed by atoms with Crippen molar-refractivity contribution in [1.82, 2.24) is 4.90 Å². The van der Waals surface area contributed by atoms with Gasteiger partial charge in [-0.25, -0.2) is 0 Å². The minimum absolute atomic E-state index is 0.237. The van der Waals surface area contributed by atoms with E-state index < -0.39 is 0 Å². The molecule has 1 heterocycles. The number of rotatable bonds is 3. The van der Waals surface area contributed by atoms with E-state index in [4.69, 9.17) is 0 Å². The van der Waals surface area contributed by atoms with E-state index in [1.807, 2.05) is 0 Å². The number of anilines is 1. The maximum absolute atomic E-state index is 9.51. The van der Waals surface area contributed by atoms with Crippen molar-refractivity contribution in [3.05, 3.63) is 29.8 Å². The van der Waals surface area contributed by atoms with Gasteiger partial charge < -0.3 is 10.0 Å². The summed E-state index contributed by atoms with van der Waals surface area (Å²) < 4.78 is 0. The molecule has 1 unspecified atom stereocenters. The third-order valence-electron chi connectivity index (χ3n) is 3.92. The first kappa shape index (κ1) is 13.4. The van der Waals surface area contributed by atoms with Crippen LogP contribution in [0.3, 0.4) is 0 Å². The van der Waals surface area contributed by atoms with Gasteiger partial charge in [0.15, 0.2) is 0 Å². The molecule has 3 heteroatoms. The molecule has 1 aliphatic heterocycles. The Morgan fingerprint density at radius 1 is 1.28 bits per heavy atom. The molecule has 0 saturated carbocycles. The Hall–Kier alpha value is -1.06. The van der Waals surface area contributed by atoms with Crippen molar-refractivity contribution in [2.75, 3.05) is 38.2 Å². The number of likely N-dealkylation sites (N-methyl/N-ethyl adjacent to an activating group) is 1. The molecular weight excluding hydrogens is 224 g/mol. The molecule has 1 aromatic rings. The van der Waals surface area contributed by atoms with Crippen LogP contribution in [0.2, 0.25) is 0 Å². The molecule has 100 valence electrons. The summed E-state index contributed by atoms with van der Waals surface area (Å²) in [6.45, 7) is 5.51. The van der Waals surface area contributed by atoms with Crippen molar-refractivity contribution >= 4 is 5.69 Å². The van der Waals surface area contributed by atoms with Crippen LogP contribution in [0.25, 0.3) is 0 Å². The van der Waals surface area contributed by atoms with Gasteiger partial charge in [-0.3, -0.25) is 4.90 Å². The molecule has 0 spiro atoms. The standard InChI is InChI=1S/C15H24N2O/c1-3-13-7-4-5-8-15(13)17-10-6-9-16(2)14(11-17)12-18/h4-5,7-8,14,18H,3,6,9-12H2,1-2H3. The van der Waals surface area contributed by atoms with Gasteiger partial charge in [0.05, 0.1) is 6.61 Å². The van der Waals surface area contributed by atoms with Crippen LogP contribution >= 0.6 is 0 Å². The molecule has 0 amide bonds. The highest BCUT2D eigenvalue weighted by molar-refractivity contribution is 5.54. The summed E-state index contributed by atoms with van der Waals surface area (Å²) in [5.74, 6) is 0. The normalized spacial score (nSPS) is 21.9. The van der Waals surface area contributed by atoms with Gasteiger partial charge in [-0.1, -0.05) is 25.1 Å². The fourth-order valence-electron chi connectivity index (χ4n) is 2.71. The zero-order chi connectivity index (χ0) is 13.0. The van der Waals surface area contributed by atoms with Crippen molar-refractivity contribution in [3.63, 3.8) is 0 Å². The third kappa shape index (κ3) is 2.85. The molecule has 1 fully saturated rings. The predicted molar refractivity (Wildman–Crippen MR) is 76.2 cm³/mol. The van der Waals surface area contributed by atoms with Crippen LogP contribution in [0.4, 0.5) is 5.69 Å². The number of aliphatic hydroxyl groups is 1. The van der Waals surface area contributed by atoms with Gasteiger partial charge in [0, 0.05) is 24.8 Å². The van der Waals surface area contributed by atoms with E-state index in [0.29, 0.717) is 0 Å². The van der Waals surface area contributed by atoms with Gasteiger partial charge in [-0.2, -0.15) is 0 Å². The number of hydrogen-bond acceptors (Lipinski definition) is 3. The van der Waals surface area contributed by atoms with Crippen molar-refractivity contribution in [3.8, 4) is 0 Å². The second kappa shape index (κ2) is 6.21. The first-order valence-electron chi connectivity index (χ1n) is 6.90. The summed E-state index contributed by atoms with van der Waals surface area (Å²) in [7, 11) is 2.11. The summed E-state index contributed by atoms with van der Waals surface area (Å²) in [6, 6.07) is 8.88. The smallest absolute Gasteiger partial charge is 0.0603 e. The Labute approximate surface area is 110 Å². The van der Waals surface area contributed by atoms with E-state index in [9.17, 15) is 5.11 Å². The van der Waals surface area contributed by atoms with Crippen LogP contribution in [-0.2, 0) is 6.42 Å². The maximum Gasteiger partial charge on any atom is 0.0603 e. The molecule has 1 atom stereocenters. The van der Waals surface area contributed by atoms with Crippen LogP contribution in [-0.4, -0.2) is 49.3 Å². The Bertz CT molecular complexity index is 381. The van der Waals surface area contributed by atoms with Crippen molar-refractivity contribution < 1.29 is 5.11 Å². The summed E-state index contributed by atoms with van der Waals surface area (Å²) >= 11 is 0. The molecule has 0 bridgehead atoms. The van der Waals surface area contributed by atoms with Crippen molar-refractivity contribution in [2.45, 2.75) is 25.8 Å². The Morgan fingerprint density at radius 3 is 2.78 bits per heavy atom. The number of aryl methyl sites for hydroxylation is 1.